The van der Waals surface area contributed by atoms with Crippen LogP contribution in [0.4, 0.5) is 0 Å². The third kappa shape index (κ3) is 2.37. The Kier molecular flexibility index (Phi) is 3.30. The van der Waals surface area contributed by atoms with Gasteiger partial charge in [-0.05, 0) is 25.5 Å². The molecule has 0 radical (unpaired) electrons. The first-order valence-electron chi connectivity index (χ1n) is 4.36. The second-order valence-corrected chi connectivity index (χ2v) is 3.07. The molecule has 72 valence electrons. The van der Waals surface area contributed by atoms with Crippen LogP contribution in [0.3, 0.4) is 0 Å². The fourth-order valence-electron chi connectivity index (χ4n) is 1.04. The molecule has 0 aromatic heterocycles. The van der Waals surface area contributed by atoms with Gasteiger partial charge in [-0.3, -0.25) is 4.79 Å². The summed E-state index contributed by atoms with van der Waals surface area (Å²) in [5, 5.41) is 0. The second kappa shape index (κ2) is 4.48. The Morgan fingerprint density at radius 3 is 2.86 bits per heavy atom. The molecule has 0 spiro atoms. The van der Waals surface area contributed by atoms with Crippen molar-refractivity contribution in [1.82, 2.24) is 0 Å². The Morgan fingerprint density at radius 1 is 1.57 bits per heavy atom. The van der Waals surface area contributed by atoms with Crippen LogP contribution in [0.2, 0.25) is 0 Å². The van der Waals surface area contributed by atoms with E-state index in [1.165, 1.54) is 0 Å². The quantitative estimate of drug-likeness (QED) is 0.537. The van der Waals surface area contributed by atoms with Gasteiger partial charge in [0.2, 0.25) is 0 Å². The number of ether oxygens (including phenoxy) is 1. The van der Waals surface area contributed by atoms with Crippen LogP contribution in [0.25, 0.3) is 0 Å². The minimum Gasteiger partial charge on any atom is -0.478 e. The first kappa shape index (κ1) is 10.3. The summed E-state index contributed by atoms with van der Waals surface area (Å²) in [5.74, 6) is 3.13. The highest BCUT2D eigenvalue weighted by Gasteiger charge is 2.04. The Morgan fingerprint density at radius 2 is 2.29 bits per heavy atom. The molecule has 1 atom stereocenters. The van der Waals surface area contributed by atoms with Crippen LogP contribution in [0.5, 0.6) is 5.75 Å². The predicted octanol–water partition coefficient (Wildman–Crippen LogP) is 2.21. The summed E-state index contributed by atoms with van der Waals surface area (Å²) in [6.07, 6.45) is 5.70. The molecule has 14 heavy (non-hydrogen) atoms. The highest BCUT2D eigenvalue weighted by atomic mass is 16.5. The Hall–Kier alpha value is -1.75. The lowest BCUT2D eigenvalue weighted by Crippen LogP contribution is -2.09. The lowest BCUT2D eigenvalue weighted by atomic mass is 10.1. The molecule has 2 nitrogen and oxygen atoms in total. The number of terminal acetylenes is 1. The average molecular weight is 188 g/mol. The molecule has 1 rings (SSSR count). The summed E-state index contributed by atoms with van der Waals surface area (Å²) in [7, 11) is 0. The normalized spacial score (nSPS) is 11.5. The topological polar surface area (TPSA) is 26.3 Å². The summed E-state index contributed by atoms with van der Waals surface area (Å²) in [6, 6.07) is 5.27. The van der Waals surface area contributed by atoms with Gasteiger partial charge in [0, 0.05) is 5.56 Å². The van der Waals surface area contributed by atoms with Crippen LogP contribution < -0.4 is 4.74 Å². The van der Waals surface area contributed by atoms with E-state index in [9.17, 15) is 4.79 Å². The number of aldehydes is 1. The molecular formula is C12H12O2. The van der Waals surface area contributed by atoms with Crippen LogP contribution in [0.15, 0.2) is 18.2 Å². The minimum absolute atomic E-state index is 0.282. The maximum atomic E-state index is 10.5. The largest absolute Gasteiger partial charge is 0.478 e. The van der Waals surface area contributed by atoms with E-state index in [0.717, 1.165) is 11.8 Å². The molecule has 2 heteroatoms. The van der Waals surface area contributed by atoms with Crippen molar-refractivity contribution in [1.29, 1.82) is 0 Å². The highest BCUT2D eigenvalue weighted by Crippen LogP contribution is 2.19. The number of hydrogen-bond donors (Lipinski definition) is 0. The summed E-state index contributed by atoms with van der Waals surface area (Å²) in [4.78, 5) is 10.5. The molecule has 1 aromatic carbocycles. The molecule has 0 aliphatic rings. The fraction of sp³-hybridized carbons (Fsp3) is 0.250. The molecule has 0 heterocycles. The lowest BCUT2D eigenvalue weighted by molar-refractivity contribution is 0.112. The molecule has 0 bridgehead atoms. The molecule has 0 saturated heterocycles. The van der Waals surface area contributed by atoms with Gasteiger partial charge in [0.15, 0.2) is 6.10 Å². The van der Waals surface area contributed by atoms with Crippen molar-refractivity contribution in [2.24, 2.45) is 0 Å². The number of aryl methyl sites for hydroxylation is 1. The zero-order valence-electron chi connectivity index (χ0n) is 8.28. The molecular weight excluding hydrogens is 176 g/mol. The molecule has 0 amide bonds. The van der Waals surface area contributed by atoms with Gasteiger partial charge < -0.3 is 4.74 Å². The van der Waals surface area contributed by atoms with Crippen LogP contribution in [0.1, 0.15) is 22.8 Å². The van der Waals surface area contributed by atoms with Gasteiger partial charge in [-0.15, -0.1) is 6.42 Å². The highest BCUT2D eigenvalue weighted by molar-refractivity contribution is 5.75. The van der Waals surface area contributed by atoms with Gasteiger partial charge in [-0.1, -0.05) is 18.1 Å². The van der Waals surface area contributed by atoms with Crippen molar-refractivity contribution in [2.45, 2.75) is 20.0 Å². The van der Waals surface area contributed by atoms with Gasteiger partial charge in [0.1, 0.15) is 12.0 Å². The summed E-state index contributed by atoms with van der Waals surface area (Å²) < 4.78 is 5.44. The average Bonchev–Trinajstić information content (AvgIpc) is 2.21. The summed E-state index contributed by atoms with van der Waals surface area (Å²) in [6.45, 7) is 3.69. The van der Waals surface area contributed by atoms with E-state index in [0.29, 0.717) is 11.3 Å². The smallest absolute Gasteiger partial charge is 0.156 e. The zero-order valence-corrected chi connectivity index (χ0v) is 8.28. The molecule has 0 aliphatic carbocycles. The summed E-state index contributed by atoms with van der Waals surface area (Å²) in [5.41, 5.74) is 1.56. The van der Waals surface area contributed by atoms with E-state index >= 15 is 0 Å². The Bertz CT molecular complexity index is 374. The minimum atomic E-state index is -0.282. The van der Waals surface area contributed by atoms with Crippen LogP contribution in [0, 0.1) is 19.3 Å². The standard InChI is InChI=1S/C12H12O2/c1-4-10(3)14-12-7-11(8-13)6-5-9(12)2/h1,5-8,10H,2-3H3. The summed E-state index contributed by atoms with van der Waals surface area (Å²) >= 11 is 0. The van der Waals surface area contributed by atoms with Crippen LogP contribution in [-0.2, 0) is 0 Å². The Labute approximate surface area is 83.9 Å². The number of benzene rings is 1. The van der Waals surface area contributed by atoms with Crippen molar-refractivity contribution in [2.75, 3.05) is 0 Å². The van der Waals surface area contributed by atoms with Crippen molar-refractivity contribution in [3.8, 4) is 18.1 Å². The first-order chi connectivity index (χ1) is 6.67. The SMILES string of the molecule is C#CC(C)Oc1cc(C=O)ccc1C. The van der Waals surface area contributed by atoms with E-state index in [-0.39, 0.29) is 6.10 Å². The van der Waals surface area contributed by atoms with E-state index in [1.807, 2.05) is 13.0 Å². The van der Waals surface area contributed by atoms with E-state index in [4.69, 9.17) is 11.2 Å². The number of hydrogen-bond acceptors (Lipinski definition) is 2. The Balaban J connectivity index is 2.96. The van der Waals surface area contributed by atoms with Crippen molar-refractivity contribution >= 4 is 6.29 Å². The van der Waals surface area contributed by atoms with Crippen LogP contribution in [-0.4, -0.2) is 12.4 Å². The number of rotatable bonds is 3. The third-order valence-corrected chi connectivity index (χ3v) is 1.89. The zero-order chi connectivity index (χ0) is 10.6. The molecule has 1 aromatic rings. The molecule has 0 aliphatic heterocycles. The lowest BCUT2D eigenvalue weighted by Gasteiger charge is -2.11. The van der Waals surface area contributed by atoms with E-state index in [2.05, 4.69) is 5.92 Å². The number of carbonyl (C=O) groups excluding carboxylic acids is 1. The van der Waals surface area contributed by atoms with Gasteiger partial charge in [-0.2, -0.15) is 0 Å². The maximum absolute atomic E-state index is 10.5. The number of carbonyl (C=O) groups is 1. The monoisotopic (exact) mass is 188 g/mol. The van der Waals surface area contributed by atoms with Crippen molar-refractivity contribution in [3.05, 3.63) is 29.3 Å². The van der Waals surface area contributed by atoms with E-state index < -0.39 is 0 Å². The van der Waals surface area contributed by atoms with Crippen LogP contribution >= 0.6 is 0 Å². The van der Waals surface area contributed by atoms with E-state index in [1.54, 1.807) is 19.1 Å². The van der Waals surface area contributed by atoms with Crippen molar-refractivity contribution in [3.63, 3.8) is 0 Å². The van der Waals surface area contributed by atoms with Gasteiger partial charge in [-0.25, -0.2) is 0 Å². The molecule has 0 saturated carbocycles. The second-order valence-electron chi connectivity index (χ2n) is 3.07. The fourth-order valence-corrected chi connectivity index (χ4v) is 1.04. The van der Waals surface area contributed by atoms with Crippen molar-refractivity contribution < 1.29 is 9.53 Å². The maximum Gasteiger partial charge on any atom is 0.156 e. The first-order valence-corrected chi connectivity index (χ1v) is 4.36. The molecule has 0 N–H and O–H groups in total. The predicted molar refractivity (Wildman–Crippen MR) is 55.5 cm³/mol. The van der Waals surface area contributed by atoms with Gasteiger partial charge in [0.05, 0.1) is 0 Å². The molecule has 1 unspecified atom stereocenters. The van der Waals surface area contributed by atoms with Gasteiger partial charge >= 0.3 is 0 Å². The third-order valence-electron chi connectivity index (χ3n) is 1.89. The van der Waals surface area contributed by atoms with Gasteiger partial charge in [0.25, 0.3) is 0 Å². The molecule has 0 fully saturated rings.